The van der Waals surface area contributed by atoms with Gasteiger partial charge in [0.05, 0.1) is 11.1 Å². The predicted molar refractivity (Wildman–Crippen MR) is 81.5 cm³/mol. The van der Waals surface area contributed by atoms with Crippen molar-refractivity contribution in [2.45, 2.75) is 6.18 Å². The molecule has 0 radical (unpaired) electrons. The van der Waals surface area contributed by atoms with Gasteiger partial charge in [-0.05, 0) is 30.3 Å². The predicted octanol–water partition coefficient (Wildman–Crippen LogP) is 4.81. The molecule has 1 aromatic heterocycles. The molecule has 7 heteroatoms. The van der Waals surface area contributed by atoms with Crippen LogP contribution in [0.4, 0.5) is 24.7 Å². The van der Waals surface area contributed by atoms with Gasteiger partial charge in [0, 0.05) is 11.1 Å². The number of para-hydroxylation sites is 1. The van der Waals surface area contributed by atoms with Crippen LogP contribution in [0.25, 0.3) is 10.9 Å². The monoisotopic (exact) mass is 325 g/mol. The summed E-state index contributed by atoms with van der Waals surface area (Å²) in [5.41, 5.74) is 0.349. The van der Waals surface area contributed by atoms with Crippen molar-refractivity contribution in [3.05, 3.63) is 60.4 Å². The highest BCUT2D eigenvalue weighted by molar-refractivity contribution is 5.90. The van der Waals surface area contributed by atoms with Gasteiger partial charge < -0.3 is 5.32 Å². The fraction of sp³-hybridized carbons (Fsp3) is 0.0667. The number of alkyl halides is 3. The Balaban J connectivity index is 0.00000176. The lowest BCUT2D eigenvalue weighted by Crippen LogP contribution is -2.05. The molecule has 3 aromatic rings. The molecule has 0 unspecified atom stereocenters. The number of nitrogens with one attached hydrogen (secondary N) is 1. The normalized spacial score (nSPS) is 11.0. The molecule has 114 valence electrons. The Kier molecular flexibility index (Phi) is 4.51. The van der Waals surface area contributed by atoms with E-state index in [-0.39, 0.29) is 12.4 Å². The molecule has 2 aromatic carbocycles. The molecule has 0 saturated heterocycles. The first kappa shape index (κ1) is 16.0. The third-order valence-electron chi connectivity index (χ3n) is 3.00. The van der Waals surface area contributed by atoms with E-state index >= 15 is 0 Å². The summed E-state index contributed by atoms with van der Waals surface area (Å²) >= 11 is 0. The lowest BCUT2D eigenvalue weighted by molar-refractivity contribution is -0.137. The minimum absolute atomic E-state index is 0. The maximum absolute atomic E-state index is 12.7. The molecule has 1 N–H and O–H groups in total. The Morgan fingerprint density at radius 1 is 0.909 bits per heavy atom. The van der Waals surface area contributed by atoms with Crippen LogP contribution in [0.2, 0.25) is 0 Å². The van der Waals surface area contributed by atoms with Crippen molar-refractivity contribution in [1.82, 2.24) is 9.97 Å². The summed E-state index contributed by atoms with van der Waals surface area (Å²) in [6, 6.07) is 12.3. The molecule has 0 bridgehead atoms. The van der Waals surface area contributed by atoms with Crippen LogP contribution in [0.1, 0.15) is 5.56 Å². The third kappa shape index (κ3) is 3.28. The quantitative estimate of drug-likeness (QED) is 0.734. The fourth-order valence-corrected chi connectivity index (χ4v) is 2.01. The summed E-state index contributed by atoms with van der Waals surface area (Å²) in [5, 5.41) is 3.66. The topological polar surface area (TPSA) is 37.8 Å². The number of anilines is 2. The standard InChI is InChI=1S/C15H10F3N3.ClH/c16-15(17,18)10-4-3-5-11(8-10)21-14-12-6-1-2-7-13(12)19-9-20-14;/h1-9H,(H,19,20,21);1H. The van der Waals surface area contributed by atoms with Crippen molar-refractivity contribution in [3.8, 4) is 0 Å². The molecule has 3 rings (SSSR count). The zero-order chi connectivity index (χ0) is 14.9. The van der Waals surface area contributed by atoms with Crippen molar-refractivity contribution in [1.29, 1.82) is 0 Å². The van der Waals surface area contributed by atoms with E-state index in [1.165, 1.54) is 12.4 Å². The molecule has 0 aliphatic carbocycles. The molecule has 0 spiro atoms. The number of fused-ring (bicyclic) bond motifs is 1. The van der Waals surface area contributed by atoms with Crippen molar-refractivity contribution >= 4 is 34.8 Å². The van der Waals surface area contributed by atoms with Gasteiger partial charge in [-0.1, -0.05) is 18.2 Å². The Morgan fingerprint density at radius 3 is 2.45 bits per heavy atom. The molecule has 0 fully saturated rings. The number of benzene rings is 2. The van der Waals surface area contributed by atoms with Gasteiger partial charge in [-0.3, -0.25) is 0 Å². The molecular formula is C15H11ClF3N3. The van der Waals surface area contributed by atoms with E-state index in [0.29, 0.717) is 11.5 Å². The average Bonchev–Trinajstić information content (AvgIpc) is 2.47. The number of hydrogen-bond acceptors (Lipinski definition) is 3. The largest absolute Gasteiger partial charge is 0.416 e. The van der Waals surface area contributed by atoms with Crippen LogP contribution in [-0.4, -0.2) is 9.97 Å². The van der Waals surface area contributed by atoms with Crippen molar-refractivity contribution in [3.63, 3.8) is 0 Å². The first-order valence-electron chi connectivity index (χ1n) is 6.18. The summed E-state index contributed by atoms with van der Waals surface area (Å²) in [7, 11) is 0. The highest BCUT2D eigenvalue weighted by atomic mass is 35.5. The first-order valence-corrected chi connectivity index (χ1v) is 6.18. The summed E-state index contributed by atoms with van der Waals surface area (Å²) in [4.78, 5) is 8.20. The Labute approximate surface area is 130 Å². The Morgan fingerprint density at radius 2 is 1.68 bits per heavy atom. The van der Waals surface area contributed by atoms with E-state index in [0.717, 1.165) is 23.0 Å². The van der Waals surface area contributed by atoms with Crippen LogP contribution in [0.5, 0.6) is 0 Å². The van der Waals surface area contributed by atoms with Gasteiger partial charge in [0.1, 0.15) is 12.1 Å². The van der Waals surface area contributed by atoms with Crippen LogP contribution >= 0.6 is 12.4 Å². The smallest absolute Gasteiger partial charge is 0.340 e. The minimum atomic E-state index is -4.37. The lowest BCUT2D eigenvalue weighted by atomic mass is 10.2. The highest BCUT2D eigenvalue weighted by Gasteiger charge is 2.30. The second kappa shape index (κ2) is 6.19. The zero-order valence-electron chi connectivity index (χ0n) is 11.1. The summed E-state index contributed by atoms with van der Waals surface area (Å²) in [6.07, 6.45) is -3.00. The van der Waals surface area contributed by atoms with Crippen molar-refractivity contribution < 1.29 is 13.2 Å². The molecule has 0 aliphatic heterocycles. The van der Waals surface area contributed by atoms with Gasteiger partial charge in [0.15, 0.2) is 0 Å². The molecule has 22 heavy (non-hydrogen) atoms. The number of halogens is 4. The Bertz CT molecular complexity index is 785. The van der Waals surface area contributed by atoms with Crippen LogP contribution in [0.15, 0.2) is 54.9 Å². The van der Waals surface area contributed by atoms with Crippen LogP contribution < -0.4 is 5.32 Å². The first-order chi connectivity index (χ1) is 10.0. The lowest BCUT2D eigenvalue weighted by Gasteiger charge is -2.11. The van der Waals surface area contributed by atoms with E-state index in [1.54, 1.807) is 6.07 Å². The summed E-state index contributed by atoms with van der Waals surface area (Å²) in [5.74, 6) is 0.472. The molecular weight excluding hydrogens is 315 g/mol. The number of nitrogens with zero attached hydrogens (tertiary/aromatic N) is 2. The maximum atomic E-state index is 12.7. The fourth-order valence-electron chi connectivity index (χ4n) is 2.01. The molecule has 0 amide bonds. The maximum Gasteiger partial charge on any atom is 0.416 e. The molecule has 1 heterocycles. The second-order valence-electron chi connectivity index (χ2n) is 4.44. The molecule has 3 nitrogen and oxygen atoms in total. The van der Waals surface area contributed by atoms with E-state index in [4.69, 9.17) is 0 Å². The van der Waals surface area contributed by atoms with Crippen molar-refractivity contribution in [2.24, 2.45) is 0 Å². The van der Waals surface area contributed by atoms with Gasteiger partial charge >= 0.3 is 6.18 Å². The van der Waals surface area contributed by atoms with Gasteiger partial charge in [0.25, 0.3) is 0 Å². The molecule has 0 aliphatic rings. The van der Waals surface area contributed by atoms with Crippen LogP contribution in [0, 0.1) is 0 Å². The zero-order valence-corrected chi connectivity index (χ0v) is 11.9. The number of rotatable bonds is 2. The van der Waals surface area contributed by atoms with E-state index in [9.17, 15) is 13.2 Å². The second-order valence-corrected chi connectivity index (χ2v) is 4.44. The molecule has 0 saturated carbocycles. The van der Waals surface area contributed by atoms with E-state index in [2.05, 4.69) is 15.3 Å². The molecule has 0 atom stereocenters. The minimum Gasteiger partial charge on any atom is -0.340 e. The van der Waals surface area contributed by atoms with Crippen LogP contribution in [0.3, 0.4) is 0 Å². The third-order valence-corrected chi connectivity index (χ3v) is 3.00. The van der Waals surface area contributed by atoms with Gasteiger partial charge in [-0.2, -0.15) is 13.2 Å². The SMILES string of the molecule is Cl.FC(F)(F)c1cccc(Nc2ncnc3ccccc23)c1. The number of hydrogen-bond donors (Lipinski definition) is 1. The highest BCUT2D eigenvalue weighted by Crippen LogP contribution is 2.31. The Hall–Kier alpha value is -2.34. The van der Waals surface area contributed by atoms with Crippen molar-refractivity contribution in [2.75, 3.05) is 5.32 Å². The van der Waals surface area contributed by atoms with Gasteiger partial charge in [0.2, 0.25) is 0 Å². The van der Waals surface area contributed by atoms with Gasteiger partial charge in [-0.25, -0.2) is 9.97 Å². The van der Waals surface area contributed by atoms with E-state index in [1.807, 2.05) is 24.3 Å². The summed E-state index contributed by atoms with van der Waals surface area (Å²) in [6.45, 7) is 0. The number of aromatic nitrogens is 2. The average molecular weight is 326 g/mol. The van der Waals surface area contributed by atoms with Gasteiger partial charge in [-0.15, -0.1) is 12.4 Å². The van der Waals surface area contributed by atoms with Crippen LogP contribution in [-0.2, 0) is 6.18 Å². The summed E-state index contributed by atoms with van der Waals surface area (Å²) < 4.78 is 38.1. The van der Waals surface area contributed by atoms with E-state index < -0.39 is 11.7 Å².